The van der Waals surface area contributed by atoms with E-state index in [4.69, 9.17) is 27.3 Å². The van der Waals surface area contributed by atoms with Gasteiger partial charge in [0.25, 0.3) is 0 Å². The van der Waals surface area contributed by atoms with Crippen molar-refractivity contribution in [3.8, 4) is 17.9 Å². The SMILES string of the molecule is COc1ccc(NC(=O)[C@H](C)Sc2nc(N)c(C#N)cc2C#N)cc1Cl. The van der Waals surface area contributed by atoms with E-state index in [-0.39, 0.29) is 22.9 Å². The first-order valence-electron chi connectivity index (χ1n) is 7.31. The highest BCUT2D eigenvalue weighted by molar-refractivity contribution is 8.00. The summed E-state index contributed by atoms with van der Waals surface area (Å²) in [7, 11) is 1.50. The average Bonchev–Trinajstić information content (AvgIpc) is 2.62. The lowest BCUT2D eigenvalue weighted by molar-refractivity contribution is -0.115. The molecule has 0 unspecified atom stereocenters. The highest BCUT2D eigenvalue weighted by atomic mass is 35.5. The van der Waals surface area contributed by atoms with Gasteiger partial charge in [-0.2, -0.15) is 10.5 Å². The number of pyridine rings is 1. The fourth-order valence-corrected chi connectivity index (χ4v) is 3.12. The number of amides is 1. The molecule has 7 nitrogen and oxygen atoms in total. The largest absolute Gasteiger partial charge is 0.495 e. The summed E-state index contributed by atoms with van der Waals surface area (Å²) in [6.07, 6.45) is 0. The molecule has 1 aromatic carbocycles. The summed E-state index contributed by atoms with van der Waals surface area (Å²) in [6, 6.07) is 10.1. The predicted molar refractivity (Wildman–Crippen MR) is 100 cm³/mol. The molecule has 26 heavy (non-hydrogen) atoms. The lowest BCUT2D eigenvalue weighted by atomic mass is 10.2. The van der Waals surface area contributed by atoms with Crippen molar-refractivity contribution >= 4 is 40.8 Å². The minimum atomic E-state index is -0.567. The van der Waals surface area contributed by atoms with E-state index in [1.807, 2.05) is 12.1 Å². The second kappa shape index (κ2) is 8.43. The first kappa shape index (κ1) is 19.4. The van der Waals surface area contributed by atoms with Crippen molar-refractivity contribution in [2.45, 2.75) is 17.2 Å². The van der Waals surface area contributed by atoms with Gasteiger partial charge in [0, 0.05) is 5.69 Å². The summed E-state index contributed by atoms with van der Waals surface area (Å²) in [5, 5.41) is 21.0. The van der Waals surface area contributed by atoms with Gasteiger partial charge in [-0.25, -0.2) is 4.98 Å². The van der Waals surface area contributed by atoms with Gasteiger partial charge >= 0.3 is 0 Å². The quantitative estimate of drug-likeness (QED) is 0.754. The number of methoxy groups -OCH3 is 1. The number of halogens is 1. The Kier molecular flexibility index (Phi) is 6.29. The number of anilines is 2. The minimum absolute atomic E-state index is 0.0172. The van der Waals surface area contributed by atoms with E-state index >= 15 is 0 Å². The zero-order valence-electron chi connectivity index (χ0n) is 13.9. The first-order chi connectivity index (χ1) is 12.4. The molecule has 1 atom stereocenters. The van der Waals surface area contributed by atoms with Gasteiger partial charge in [0.1, 0.15) is 28.7 Å². The number of hydrogen-bond donors (Lipinski definition) is 2. The Morgan fingerprint density at radius 2 is 2.04 bits per heavy atom. The first-order valence-corrected chi connectivity index (χ1v) is 8.57. The van der Waals surface area contributed by atoms with Crippen LogP contribution in [-0.4, -0.2) is 23.3 Å². The molecule has 0 spiro atoms. The Hall–Kier alpha value is -2.94. The smallest absolute Gasteiger partial charge is 0.237 e. The van der Waals surface area contributed by atoms with Crippen molar-refractivity contribution in [1.29, 1.82) is 10.5 Å². The minimum Gasteiger partial charge on any atom is -0.495 e. The summed E-state index contributed by atoms with van der Waals surface area (Å²) in [5.74, 6) is 0.219. The van der Waals surface area contributed by atoms with Crippen LogP contribution in [-0.2, 0) is 4.79 Å². The van der Waals surface area contributed by atoms with E-state index in [1.54, 1.807) is 25.1 Å². The number of benzene rings is 1. The van der Waals surface area contributed by atoms with Gasteiger partial charge in [-0.15, -0.1) is 0 Å². The summed E-state index contributed by atoms with van der Waals surface area (Å²) in [5.41, 5.74) is 6.52. The number of ether oxygens (including phenoxy) is 1. The maximum absolute atomic E-state index is 12.4. The van der Waals surface area contributed by atoms with Gasteiger partial charge in [-0.1, -0.05) is 23.4 Å². The van der Waals surface area contributed by atoms with Gasteiger partial charge in [0.05, 0.1) is 28.5 Å². The molecule has 0 fully saturated rings. The number of nitrogen functional groups attached to an aromatic ring is 1. The van der Waals surface area contributed by atoms with E-state index < -0.39 is 5.25 Å². The van der Waals surface area contributed by atoms with Crippen LogP contribution < -0.4 is 15.8 Å². The fourth-order valence-electron chi connectivity index (χ4n) is 1.98. The molecule has 9 heteroatoms. The number of aromatic nitrogens is 1. The predicted octanol–water partition coefficient (Wildman–Crippen LogP) is 3.19. The van der Waals surface area contributed by atoms with Gasteiger partial charge in [-0.3, -0.25) is 4.79 Å². The van der Waals surface area contributed by atoms with E-state index in [9.17, 15) is 10.1 Å². The molecular weight excluding hydrogens is 374 g/mol. The number of carbonyl (C=O) groups is 1. The Balaban J connectivity index is 2.15. The van der Waals surface area contributed by atoms with Crippen LogP contribution in [0, 0.1) is 22.7 Å². The molecule has 0 radical (unpaired) electrons. The molecule has 2 rings (SSSR count). The molecule has 132 valence electrons. The highest BCUT2D eigenvalue weighted by Gasteiger charge is 2.19. The molecule has 2 aromatic rings. The maximum Gasteiger partial charge on any atom is 0.237 e. The third-order valence-corrected chi connectivity index (χ3v) is 4.73. The van der Waals surface area contributed by atoms with Crippen LogP contribution in [0.25, 0.3) is 0 Å². The van der Waals surface area contributed by atoms with Crippen molar-refractivity contribution in [1.82, 2.24) is 4.98 Å². The third-order valence-electron chi connectivity index (χ3n) is 3.33. The normalized spacial score (nSPS) is 11.1. The van der Waals surface area contributed by atoms with Crippen molar-refractivity contribution in [3.63, 3.8) is 0 Å². The molecule has 0 saturated carbocycles. The molecule has 0 bridgehead atoms. The molecule has 0 saturated heterocycles. The van der Waals surface area contributed by atoms with Crippen LogP contribution in [0.1, 0.15) is 18.1 Å². The van der Waals surface area contributed by atoms with Crippen LogP contribution in [0.3, 0.4) is 0 Å². The molecule has 1 amide bonds. The average molecular weight is 388 g/mol. The van der Waals surface area contributed by atoms with E-state index in [0.717, 1.165) is 11.8 Å². The number of nitrogens with one attached hydrogen (secondary N) is 1. The Morgan fingerprint density at radius 1 is 1.35 bits per heavy atom. The standard InChI is InChI=1S/C17H14ClN5O2S/c1-9(16(24)22-12-3-4-14(25-2)13(18)6-12)26-17-11(8-20)5-10(7-19)15(21)23-17/h3-6,9H,1-2H3,(H2,21,23)(H,22,24)/t9-/m0/s1. The van der Waals surface area contributed by atoms with Gasteiger partial charge in [-0.05, 0) is 31.2 Å². The van der Waals surface area contributed by atoms with Crippen LogP contribution in [0.5, 0.6) is 5.75 Å². The Labute approximate surface area is 159 Å². The van der Waals surface area contributed by atoms with Gasteiger partial charge in [0.2, 0.25) is 5.91 Å². The summed E-state index contributed by atoms with van der Waals surface area (Å²) in [4.78, 5) is 16.4. The molecule has 1 heterocycles. The van der Waals surface area contributed by atoms with Crippen molar-refractivity contribution in [2.75, 3.05) is 18.2 Å². The van der Waals surface area contributed by atoms with Crippen LogP contribution in [0.4, 0.5) is 11.5 Å². The number of rotatable bonds is 5. The lowest BCUT2D eigenvalue weighted by Crippen LogP contribution is -2.22. The number of thioether (sulfide) groups is 1. The van der Waals surface area contributed by atoms with Gasteiger partial charge < -0.3 is 15.8 Å². The van der Waals surface area contributed by atoms with E-state index in [0.29, 0.717) is 21.5 Å². The van der Waals surface area contributed by atoms with Crippen molar-refractivity contribution in [3.05, 3.63) is 40.4 Å². The van der Waals surface area contributed by atoms with E-state index in [1.165, 1.54) is 13.2 Å². The monoisotopic (exact) mass is 387 g/mol. The van der Waals surface area contributed by atoms with E-state index in [2.05, 4.69) is 10.3 Å². The number of hydrogen-bond acceptors (Lipinski definition) is 7. The van der Waals surface area contributed by atoms with Crippen molar-refractivity contribution < 1.29 is 9.53 Å². The lowest BCUT2D eigenvalue weighted by Gasteiger charge is -2.13. The number of carbonyl (C=O) groups excluding carboxylic acids is 1. The number of nitriles is 2. The number of nitrogens with two attached hydrogens (primary N) is 1. The van der Waals surface area contributed by atoms with Crippen LogP contribution >= 0.6 is 23.4 Å². The Morgan fingerprint density at radius 3 is 2.62 bits per heavy atom. The second-order valence-corrected chi connectivity index (χ2v) is 6.83. The van der Waals surface area contributed by atoms with Crippen LogP contribution in [0.15, 0.2) is 29.3 Å². The zero-order valence-corrected chi connectivity index (χ0v) is 15.5. The highest BCUT2D eigenvalue weighted by Crippen LogP contribution is 2.30. The fraction of sp³-hybridized carbons (Fsp3) is 0.176. The third kappa shape index (κ3) is 4.37. The topological polar surface area (TPSA) is 125 Å². The molecule has 0 aliphatic carbocycles. The molecule has 3 N–H and O–H groups in total. The van der Waals surface area contributed by atoms with Crippen molar-refractivity contribution in [2.24, 2.45) is 0 Å². The maximum atomic E-state index is 12.4. The summed E-state index contributed by atoms with van der Waals surface area (Å²) >= 11 is 7.11. The van der Waals surface area contributed by atoms with Gasteiger partial charge in [0.15, 0.2) is 0 Å². The second-order valence-electron chi connectivity index (χ2n) is 5.10. The zero-order chi connectivity index (χ0) is 19.3. The summed E-state index contributed by atoms with van der Waals surface area (Å²) < 4.78 is 5.06. The molecule has 1 aromatic heterocycles. The Bertz CT molecular complexity index is 936. The number of nitrogens with zero attached hydrogens (tertiary/aromatic N) is 3. The molecule has 0 aliphatic heterocycles. The molecular formula is C17H14ClN5O2S. The summed E-state index contributed by atoms with van der Waals surface area (Å²) in [6.45, 7) is 1.67. The van der Waals surface area contributed by atoms with Crippen LogP contribution in [0.2, 0.25) is 5.02 Å². The molecule has 0 aliphatic rings.